The lowest BCUT2D eigenvalue weighted by Crippen LogP contribution is -2.16. The number of ketones is 1. The first-order chi connectivity index (χ1) is 10.1. The van der Waals surface area contributed by atoms with Gasteiger partial charge in [0.2, 0.25) is 0 Å². The maximum atomic E-state index is 13.7. The van der Waals surface area contributed by atoms with Gasteiger partial charge < -0.3 is 9.47 Å². The van der Waals surface area contributed by atoms with E-state index in [-0.39, 0.29) is 16.1 Å². The number of rotatable bonds is 2. The molecule has 3 nitrogen and oxygen atoms in total. The second kappa shape index (κ2) is 5.33. The van der Waals surface area contributed by atoms with Gasteiger partial charge in [-0.2, -0.15) is 0 Å². The summed E-state index contributed by atoms with van der Waals surface area (Å²) in [7, 11) is 0. The lowest BCUT2D eigenvalue weighted by atomic mass is 10.0. The van der Waals surface area contributed by atoms with E-state index in [1.807, 2.05) is 0 Å². The first-order valence-electron chi connectivity index (χ1n) is 6.15. The molecule has 0 unspecified atom stereocenters. The average molecular weight is 311 g/mol. The summed E-state index contributed by atoms with van der Waals surface area (Å²) in [6.07, 6.45) is 0. The third-order valence-electron chi connectivity index (χ3n) is 3.05. The van der Waals surface area contributed by atoms with Crippen LogP contribution in [-0.2, 0) is 0 Å². The van der Waals surface area contributed by atoms with Crippen molar-refractivity contribution >= 4 is 17.4 Å². The van der Waals surface area contributed by atoms with Crippen LogP contribution in [0, 0.1) is 11.6 Å². The first kappa shape index (κ1) is 13.8. The van der Waals surface area contributed by atoms with E-state index < -0.39 is 17.4 Å². The molecule has 108 valence electrons. The van der Waals surface area contributed by atoms with Gasteiger partial charge in [0.25, 0.3) is 0 Å². The Hall–Kier alpha value is -2.14. The molecule has 2 aromatic carbocycles. The normalized spacial score (nSPS) is 13.1. The summed E-state index contributed by atoms with van der Waals surface area (Å²) in [6, 6.07) is 5.61. The third-order valence-corrected chi connectivity index (χ3v) is 3.36. The molecule has 2 aromatic rings. The minimum atomic E-state index is -0.939. The van der Waals surface area contributed by atoms with E-state index in [1.165, 1.54) is 12.1 Å². The molecule has 0 saturated carbocycles. The molecule has 0 N–H and O–H groups in total. The van der Waals surface area contributed by atoms with Crippen LogP contribution in [0.5, 0.6) is 11.5 Å². The molecule has 21 heavy (non-hydrogen) atoms. The van der Waals surface area contributed by atoms with Gasteiger partial charge in [-0.1, -0.05) is 11.6 Å². The summed E-state index contributed by atoms with van der Waals surface area (Å²) in [5, 5.41) is 0.118. The van der Waals surface area contributed by atoms with Crippen molar-refractivity contribution in [3.05, 3.63) is 58.1 Å². The van der Waals surface area contributed by atoms with Gasteiger partial charge >= 0.3 is 0 Å². The molecule has 0 atom stereocenters. The number of carbonyl (C=O) groups excluding carboxylic acids is 1. The Bertz CT molecular complexity index is 731. The number of hydrogen-bond donors (Lipinski definition) is 0. The summed E-state index contributed by atoms with van der Waals surface area (Å²) in [4.78, 5) is 12.3. The van der Waals surface area contributed by atoms with E-state index in [4.69, 9.17) is 21.1 Å². The van der Waals surface area contributed by atoms with Crippen LogP contribution in [0.3, 0.4) is 0 Å². The van der Waals surface area contributed by atoms with Gasteiger partial charge in [-0.3, -0.25) is 4.79 Å². The highest BCUT2D eigenvalue weighted by molar-refractivity contribution is 6.35. The van der Waals surface area contributed by atoms with Crippen molar-refractivity contribution in [1.82, 2.24) is 0 Å². The molecule has 0 aromatic heterocycles. The Kier molecular flexibility index (Phi) is 3.51. The SMILES string of the molecule is O=C(c1ccc(F)cc1F)c1cc2c(cc1Cl)OCCO2. The second-order valence-corrected chi connectivity index (χ2v) is 4.84. The molecule has 0 fully saturated rings. The third kappa shape index (κ3) is 2.56. The van der Waals surface area contributed by atoms with Gasteiger partial charge in [-0.05, 0) is 18.2 Å². The number of hydrogen-bond acceptors (Lipinski definition) is 3. The van der Waals surface area contributed by atoms with Gasteiger partial charge in [-0.15, -0.1) is 0 Å². The highest BCUT2D eigenvalue weighted by atomic mass is 35.5. The van der Waals surface area contributed by atoms with Crippen molar-refractivity contribution in [2.24, 2.45) is 0 Å². The van der Waals surface area contributed by atoms with Gasteiger partial charge in [-0.25, -0.2) is 8.78 Å². The van der Waals surface area contributed by atoms with Crippen LogP contribution in [0.2, 0.25) is 5.02 Å². The number of fused-ring (bicyclic) bond motifs is 1. The van der Waals surface area contributed by atoms with Crippen molar-refractivity contribution in [3.8, 4) is 11.5 Å². The van der Waals surface area contributed by atoms with E-state index in [2.05, 4.69) is 0 Å². The fraction of sp³-hybridized carbons (Fsp3) is 0.133. The Balaban J connectivity index is 2.05. The summed E-state index contributed by atoms with van der Waals surface area (Å²) in [5.74, 6) is -1.53. The maximum absolute atomic E-state index is 13.7. The number of benzene rings is 2. The molecule has 0 amide bonds. The van der Waals surface area contributed by atoms with Crippen LogP contribution >= 0.6 is 11.6 Å². The van der Waals surface area contributed by atoms with Crippen molar-refractivity contribution in [2.45, 2.75) is 0 Å². The van der Waals surface area contributed by atoms with E-state index in [9.17, 15) is 13.6 Å². The fourth-order valence-corrected chi connectivity index (χ4v) is 2.30. The number of halogens is 3. The predicted octanol–water partition coefficient (Wildman–Crippen LogP) is 3.62. The lowest BCUT2D eigenvalue weighted by Gasteiger charge is -2.19. The van der Waals surface area contributed by atoms with E-state index in [1.54, 1.807) is 0 Å². The summed E-state index contributed by atoms with van der Waals surface area (Å²) < 4.78 is 37.3. The number of ether oxygens (including phenoxy) is 2. The van der Waals surface area contributed by atoms with Crippen LogP contribution < -0.4 is 9.47 Å². The topological polar surface area (TPSA) is 35.5 Å². The highest BCUT2D eigenvalue weighted by Crippen LogP contribution is 2.36. The minimum Gasteiger partial charge on any atom is -0.486 e. The van der Waals surface area contributed by atoms with Crippen molar-refractivity contribution < 1.29 is 23.0 Å². The van der Waals surface area contributed by atoms with Gasteiger partial charge in [0, 0.05) is 17.7 Å². The van der Waals surface area contributed by atoms with Crippen LogP contribution in [0.25, 0.3) is 0 Å². The molecular weight excluding hydrogens is 302 g/mol. The standard InChI is InChI=1S/C15H9ClF2O3/c16-11-7-14-13(20-3-4-21-14)6-10(11)15(19)9-2-1-8(17)5-12(9)18/h1-2,5-7H,3-4H2. The van der Waals surface area contributed by atoms with Crippen molar-refractivity contribution in [1.29, 1.82) is 0 Å². The lowest BCUT2D eigenvalue weighted by molar-refractivity contribution is 0.103. The van der Waals surface area contributed by atoms with Crippen LogP contribution in [0.15, 0.2) is 30.3 Å². The monoisotopic (exact) mass is 310 g/mol. The van der Waals surface area contributed by atoms with Crippen molar-refractivity contribution in [3.63, 3.8) is 0 Å². The quantitative estimate of drug-likeness (QED) is 0.795. The zero-order chi connectivity index (χ0) is 15.0. The van der Waals surface area contributed by atoms with Gasteiger partial charge in [0.05, 0.1) is 10.6 Å². The van der Waals surface area contributed by atoms with Crippen molar-refractivity contribution in [2.75, 3.05) is 13.2 Å². The van der Waals surface area contributed by atoms with Crippen LogP contribution in [0.1, 0.15) is 15.9 Å². The fourth-order valence-electron chi connectivity index (χ4n) is 2.06. The molecule has 6 heteroatoms. The number of carbonyl (C=O) groups is 1. The molecule has 0 bridgehead atoms. The van der Waals surface area contributed by atoms with Crippen LogP contribution in [-0.4, -0.2) is 19.0 Å². The summed E-state index contributed by atoms with van der Waals surface area (Å²) in [6.45, 7) is 0.746. The molecule has 0 saturated heterocycles. The largest absolute Gasteiger partial charge is 0.486 e. The molecule has 0 spiro atoms. The maximum Gasteiger partial charge on any atom is 0.197 e. The zero-order valence-corrected chi connectivity index (χ0v) is 11.4. The Morgan fingerprint density at radius 3 is 2.33 bits per heavy atom. The summed E-state index contributed by atoms with van der Waals surface area (Å²) >= 11 is 6.04. The van der Waals surface area contributed by atoms with Crippen LogP contribution in [0.4, 0.5) is 8.78 Å². The van der Waals surface area contributed by atoms with E-state index >= 15 is 0 Å². The van der Waals surface area contributed by atoms with Gasteiger partial charge in [0.1, 0.15) is 24.8 Å². The predicted molar refractivity (Wildman–Crippen MR) is 72.2 cm³/mol. The second-order valence-electron chi connectivity index (χ2n) is 4.43. The molecule has 0 radical (unpaired) electrons. The smallest absolute Gasteiger partial charge is 0.197 e. The molecule has 1 aliphatic heterocycles. The average Bonchev–Trinajstić information content (AvgIpc) is 2.46. The minimum absolute atomic E-state index is 0.0754. The Labute approximate surface area is 124 Å². The van der Waals surface area contributed by atoms with Gasteiger partial charge in [0.15, 0.2) is 17.3 Å². The Morgan fingerprint density at radius 1 is 1.00 bits per heavy atom. The highest BCUT2D eigenvalue weighted by Gasteiger charge is 2.22. The molecular formula is C15H9ClF2O3. The summed E-state index contributed by atoms with van der Waals surface area (Å²) in [5.41, 5.74) is -0.179. The molecule has 0 aliphatic carbocycles. The molecule has 1 aliphatic rings. The zero-order valence-electron chi connectivity index (χ0n) is 10.7. The molecule has 3 rings (SSSR count). The molecule has 1 heterocycles. The van der Waals surface area contributed by atoms with E-state index in [0.29, 0.717) is 30.8 Å². The first-order valence-corrected chi connectivity index (χ1v) is 6.53. The van der Waals surface area contributed by atoms with E-state index in [0.717, 1.165) is 12.1 Å². The Morgan fingerprint density at radius 2 is 1.67 bits per heavy atom.